The Labute approximate surface area is 144 Å². The normalized spacial score (nSPS) is 10.3. The van der Waals surface area contributed by atoms with Gasteiger partial charge in [-0.15, -0.1) is 0 Å². The van der Waals surface area contributed by atoms with Crippen LogP contribution in [-0.2, 0) is 11.3 Å². The molecule has 8 heteroatoms. The maximum atomic E-state index is 11.8. The van der Waals surface area contributed by atoms with E-state index in [1.807, 2.05) is 19.0 Å². The molecular formula is C15H16Cl2N4O2. The highest BCUT2D eigenvalue weighted by Crippen LogP contribution is 2.27. The first-order valence-corrected chi connectivity index (χ1v) is 7.55. The first-order chi connectivity index (χ1) is 11.0. The van der Waals surface area contributed by atoms with Crippen LogP contribution in [0.15, 0.2) is 30.5 Å². The molecule has 1 heterocycles. The van der Waals surface area contributed by atoms with E-state index in [4.69, 9.17) is 27.9 Å². The van der Waals surface area contributed by atoms with E-state index >= 15 is 0 Å². The third kappa shape index (κ3) is 5.26. The van der Waals surface area contributed by atoms with Gasteiger partial charge in [0.25, 0.3) is 5.91 Å². The number of anilines is 1. The number of rotatable bonds is 6. The minimum absolute atomic E-state index is 0.158. The van der Waals surface area contributed by atoms with Crippen molar-refractivity contribution in [3.8, 4) is 5.75 Å². The smallest absolute Gasteiger partial charge is 0.258 e. The average molecular weight is 355 g/mol. The minimum Gasteiger partial charge on any atom is -0.482 e. The molecule has 0 unspecified atom stereocenters. The van der Waals surface area contributed by atoms with Crippen LogP contribution in [-0.4, -0.2) is 36.6 Å². The summed E-state index contributed by atoms with van der Waals surface area (Å²) >= 11 is 11.8. The van der Waals surface area contributed by atoms with Gasteiger partial charge in [0.2, 0.25) is 0 Å². The fourth-order valence-electron chi connectivity index (χ4n) is 1.69. The fraction of sp³-hybridized carbons (Fsp3) is 0.267. The van der Waals surface area contributed by atoms with Crippen LogP contribution in [0.2, 0.25) is 10.0 Å². The molecule has 0 saturated carbocycles. The molecule has 0 saturated heterocycles. The summed E-state index contributed by atoms with van der Waals surface area (Å²) in [7, 11) is 3.77. The Morgan fingerprint density at radius 2 is 2.09 bits per heavy atom. The van der Waals surface area contributed by atoms with Gasteiger partial charge in [-0.25, -0.2) is 9.97 Å². The maximum absolute atomic E-state index is 11.8. The Morgan fingerprint density at radius 3 is 2.78 bits per heavy atom. The van der Waals surface area contributed by atoms with Gasteiger partial charge in [0.1, 0.15) is 17.4 Å². The van der Waals surface area contributed by atoms with Crippen LogP contribution in [0.5, 0.6) is 5.75 Å². The zero-order chi connectivity index (χ0) is 16.8. The molecule has 23 heavy (non-hydrogen) atoms. The number of ether oxygens (including phenoxy) is 1. The summed E-state index contributed by atoms with van der Waals surface area (Å²) < 4.78 is 5.35. The lowest BCUT2D eigenvalue weighted by Crippen LogP contribution is -2.29. The van der Waals surface area contributed by atoms with E-state index in [0.29, 0.717) is 21.6 Å². The first-order valence-electron chi connectivity index (χ1n) is 6.79. The Bertz CT molecular complexity index is 695. The number of halogens is 2. The van der Waals surface area contributed by atoms with Gasteiger partial charge in [0.15, 0.2) is 6.61 Å². The van der Waals surface area contributed by atoms with E-state index in [1.165, 1.54) is 0 Å². The fourth-order valence-corrected chi connectivity index (χ4v) is 2.15. The topological polar surface area (TPSA) is 67.4 Å². The van der Waals surface area contributed by atoms with Crippen molar-refractivity contribution in [2.45, 2.75) is 6.54 Å². The van der Waals surface area contributed by atoms with Crippen molar-refractivity contribution in [1.29, 1.82) is 0 Å². The van der Waals surface area contributed by atoms with Crippen molar-refractivity contribution in [1.82, 2.24) is 15.3 Å². The van der Waals surface area contributed by atoms with E-state index in [0.717, 1.165) is 5.82 Å². The third-order valence-electron chi connectivity index (χ3n) is 2.85. The number of carbonyl (C=O) groups excluding carboxylic acids is 1. The molecule has 0 aliphatic carbocycles. The van der Waals surface area contributed by atoms with Gasteiger partial charge in [-0.1, -0.05) is 23.2 Å². The van der Waals surface area contributed by atoms with Crippen molar-refractivity contribution < 1.29 is 9.53 Å². The van der Waals surface area contributed by atoms with Crippen molar-refractivity contribution in [3.05, 3.63) is 46.3 Å². The molecule has 1 aromatic carbocycles. The van der Waals surface area contributed by atoms with Crippen LogP contribution in [0.4, 0.5) is 5.82 Å². The molecule has 0 bridgehead atoms. The third-order valence-corrected chi connectivity index (χ3v) is 3.38. The summed E-state index contributed by atoms with van der Waals surface area (Å²) in [6, 6.07) is 6.59. The molecule has 1 amide bonds. The van der Waals surface area contributed by atoms with Gasteiger partial charge in [0.05, 0.1) is 11.6 Å². The Balaban J connectivity index is 1.84. The van der Waals surface area contributed by atoms with Crippen molar-refractivity contribution >= 4 is 34.9 Å². The van der Waals surface area contributed by atoms with Crippen molar-refractivity contribution in [2.75, 3.05) is 25.6 Å². The molecule has 2 aromatic rings. The molecule has 6 nitrogen and oxygen atoms in total. The van der Waals surface area contributed by atoms with Crippen molar-refractivity contribution in [2.24, 2.45) is 0 Å². The maximum Gasteiger partial charge on any atom is 0.258 e. The molecule has 0 fully saturated rings. The summed E-state index contributed by atoms with van der Waals surface area (Å²) in [5.41, 5.74) is 0. The highest BCUT2D eigenvalue weighted by Gasteiger charge is 2.08. The lowest BCUT2D eigenvalue weighted by molar-refractivity contribution is -0.123. The van der Waals surface area contributed by atoms with E-state index in [-0.39, 0.29) is 19.1 Å². The number of hydrogen-bond acceptors (Lipinski definition) is 5. The van der Waals surface area contributed by atoms with Crippen LogP contribution >= 0.6 is 23.2 Å². The largest absolute Gasteiger partial charge is 0.482 e. The van der Waals surface area contributed by atoms with Gasteiger partial charge < -0.3 is 15.0 Å². The van der Waals surface area contributed by atoms with Gasteiger partial charge in [-0.05, 0) is 24.3 Å². The van der Waals surface area contributed by atoms with E-state index in [9.17, 15) is 4.79 Å². The summed E-state index contributed by atoms with van der Waals surface area (Å²) in [5, 5.41) is 3.55. The second-order valence-electron chi connectivity index (χ2n) is 4.87. The Morgan fingerprint density at radius 1 is 1.30 bits per heavy atom. The summed E-state index contributed by atoms with van der Waals surface area (Å²) in [4.78, 5) is 22.1. The van der Waals surface area contributed by atoms with Crippen LogP contribution in [0.1, 0.15) is 5.82 Å². The number of carbonyl (C=O) groups is 1. The number of nitrogens with zero attached hydrogens (tertiary/aromatic N) is 3. The minimum atomic E-state index is -0.296. The summed E-state index contributed by atoms with van der Waals surface area (Å²) in [6.45, 7) is 0.0624. The average Bonchev–Trinajstić information content (AvgIpc) is 2.52. The predicted octanol–water partition coefficient (Wildman–Crippen LogP) is 2.54. The molecule has 0 aliphatic rings. The van der Waals surface area contributed by atoms with Crippen molar-refractivity contribution in [3.63, 3.8) is 0 Å². The Hall–Kier alpha value is -2.05. The van der Waals surface area contributed by atoms with Gasteiger partial charge >= 0.3 is 0 Å². The molecule has 0 radical (unpaired) electrons. The Kier molecular flexibility index (Phi) is 6.01. The van der Waals surface area contributed by atoms with Gasteiger partial charge in [0, 0.05) is 25.3 Å². The van der Waals surface area contributed by atoms with E-state index in [2.05, 4.69) is 15.3 Å². The lowest BCUT2D eigenvalue weighted by Gasteiger charge is -2.12. The molecule has 0 spiro atoms. The molecule has 0 atom stereocenters. The predicted molar refractivity (Wildman–Crippen MR) is 90.2 cm³/mol. The highest BCUT2D eigenvalue weighted by molar-refractivity contribution is 6.35. The van der Waals surface area contributed by atoms with E-state index in [1.54, 1.807) is 30.5 Å². The summed E-state index contributed by atoms with van der Waals surface area (Å²) in [6.07, 6.45) is 1.65. The number of aromatic nitrogens is 2. The van der Waals surface area contributed by atoms with E-state index < -0.39 is 0 Å². The zero-order valence-corrected chi connectivity index (χ0v) is 14.2. The first kappa shape index (κ1) is 17.3. The zero-order valence-electron chi connectivity index (χ0n) is 12.7. The standard InChI is InChI=1S/C15H16Cl2N4O2/c1-21(2)14-5-6-18-13(20-14)8-19-15(22)9-23-12-4-3-10(16)7-11(12)17/h3-7H,8-9H2,1-2H3,(H,19,22). The number of hydrogen-bond donors (Lipinski definition) is 1. The van der Waals surface area contributed by atoms with Gasteiger partial charge in [-0.2, -0.15) is 0 Å². The van der Waals surface area contributed by atoms with Crippen LogP contribution in [0.3, 0.4) is 0 Å². The molecule has 0 aliphatic heterocycles. The van der Waals surface area contributed by atoms with Crippen LogP contribution in [0, 0.1) is 0 Å². The number of nitrogens with one attached hydrogen (secondary N) is 1. The summed E-state index contributed by atoms with van der Waals surface area (Å²) in [5.74, 6) is 1.40. The lowest BCUT2D eigenvalue weighted by atomic mass is 10.3. The molecular weight excluding hydrogens is 339 g/mol. The second-order valence-corrected chi connectivity index (χ2v) is 5.71. The quantitative estimate of drug-likeness (QED) is 0.863. The SMILES string of the molecule is CN(C)c1ccnc(CNC(=O)COc2ccc(Cl)cc2Cl)n1. The molecule has 2 rings (SSSR count). The number of benzene rings is 1. The van der Waals surface area contributed by atoms with Gasteiger partial charge in [-0.3, -0.25) is 4.79 Å². The highest BCUT2D eigenvalue weighted by atomic mass is 35.5. The van der Waals surface area contributed by atoms with Crippen LogP contribution < -0.4 is 15.0 Å². The monoisotopic (exact) mass is 354 g/mol. The second kappa shape index (κ2) is 7.99. The number of amides is 1. The molecule has 1 aromatic heterocycles. The molecule has 122 valence electrons. The molecule has 1 N–H and O–H groups in total. The van der Waals surface area contributed by atoms with Crippen LogP contribution in [0.25, 0.3) is 0 Å².